The lowest BCUT2D eigenvalue weighted by molar-refractivity contribution is -0.131. The van der Waals surface area contributed by atoms with Gasteiger partial charge < -0.3 is 14.9 Å². The molecule has 3 N–H and O–H groups in total. The Bertz CT molecular complexity index is 1090. The summed E-state index contributed by atoms with van der Waals surface area (Å²) in [6.45, 7) is 0. The molecule has 3 aromatic carbocycles. The third kappa shape index (κ3) is 6.33. The summed E-state index contributed by atoms with van der Waals surface area (Å²) in [5.74, 6) is -0.840. The first-order valence-corrected chi connectivity index (χ1v) is 10.6. The van der Waals surface area contributed by atoms with Gasteiger partial charge in [0, 0.05) is 27.2 Å². The zero-order valence-corrected chi connectivity index (χ0v) is 18.2. The molecule has 6 nitrogen and oxygen atoms in total. The van der Waals surface area contributed by atoms with Gasteiger partial charge >= 0.3 is 12.1 Å². The number of unbranched alkanes of at least 4 members (excludes halogenated alkanes) is 1. The number of anilines is 1. The molecule has 0 aromatic heterocycles. The van der Waals surface area contributed by atoms with Crippen molar-refractivity contribution in [2.75, 3.05) is 5.32 Å². The van der Waals surface area contributed by atoms with E-state index in [0.29, 0.717) is 30.3 Å². The zero-order chi connectivity index (χ0) is 22.2. The van der Waals surface area contributed by atoms with Gasteiger partial charge in [0.15, 0.2) is 0 Å². The second-order valence-electron chi connectivity index (χ2n) is 6.92. The highest BCUT2D eigenvalue weighted by molar-refractivity contribution is 9.10. The molecule has 0 fully saturated rings. The lowest BCUT2D eigenvalue weighted by Crippen LogP contribution is -2.18. The highest BCUT2D eigenvalue weighted by Gasteiger charge is 2.20. The van der Waals surface area contributed by atoms with Crippen LogP contribution in [0.1, 0.15) is 30.9 Å². The van der Waals surface area contributed by atoms with E-state index < -0.39 is 18.2 Å². The molecule has 0 saturated carbocycles. The van der Waals surface area contributed by atoms with Crippen molar-refractivity contribution in [1.82, 2.24) is 0 Å². The molecule has 1 amide bonds. The predicted molar refractivity (Wildman–Crippen MR) is 123 cm³/mol. The Morgan fingerprint density at radius 3 is 2.45 bits per heavy atom. The number of aromatic hydroxyl groups is 1. The number of ether oxygens (including phenoxy) is 1. The number of benzene rings is 3. The maximum atomic E-state index is 12.6. The molecule has 0 aliphatic heterocycles. The van der Waals surface area contributed by atoms with Gasteiger partial charge in [-0.1, -0.05) is 52.3 Å². The number of carbonyl (C=O) groups excluding carboxylic acids is 1. The minimum absolute atomic E-state index is 0.154. The first-order chi connectivity index (χ1) is 14.9. The van der Waals surface area contributed by atoms with Gasteiger partial charge in [-0.15, -0.1) is 0 Å². The number of nitrogens with one attached hydrogen (secondary N) is 1. The number of carbonyl (C=O) groups is 2. The van der Waals surface area contributed by atoms with Crippen molar-refractivity contribution in [3.63, 3.8) is 0 Å². The van der Waals surface area contributed by atoms with Crippen LogP contribution in [0.5, 0.6) is 5.75 Å². The van der Waals surface area contributed by atoms with Gasteiger partial charge in [0.2, 0.25) is 0 Å². The lowest BCUT2D eigenvalue weighted by Gasteiger charge is -2.20. The number of hydrogen-bond donors (Lipinski definition) is 3. The SMILES string of the molecule is O=C(O)/C=C/CCC[C@H](OC(=O)Nc1ccc(Br)cc1)c1ccc(O)c2ccccc12. The minimum atomic E-state index is -0.994. The van der Waals surface area contributed by atoms with E-state index >= 15 is 0 Å². The molecule has 160 valence electrons. The number of phenolic OH excluding ortho intramolecular Hbond substituents is 1. The molecule has 0 radical (unpaired) electrons. The summed E-state index contributed by atoms with van der Waals surface area (Å²) in [5, 5.41) is 23.1. The Kier molecular flexibility index (Phi) is 7.67. The van der Waals surface area contributed by atoms with Crippen LogP contribution in [0.25, 0.3) is 10.8 Å². The number of phenols is 1. The summed E-state index contributed by atoms with van der Waals surface area (Å²) in [6, 6.07) is 17.9. The molecule has 31 heavy (non-hydrogen) atoms. The largest absolute Gasteiger partial charge is 0.507 e. The van der Waals surface area contributed by atoms with Gasteiger partial charge in [-0.25, -0.2) is 9.59 Å². The topological polar surface area (TPSA) is 95.9 Å². The second kappa shape index (κ2) is 10.6. The molecular formula is C24H22BrNO5. The minimum Gasteiger partial charge on any atom is -0.507 e. The first-order valence-electron chi connectivity index (χ1n) is 9.77. The van der Waals surface area contributed by atoms with Gasteiger partial charge in [0.1, 0.15) is 11.9 Å². The Morgan fingerprint density at radius 1 is 1.03 bits per heavy atom. The summed E-state index contributed by atoms with van der Waals surface area (Å²) in [5.41, 5.74) is 1.38. The van der Waals surface area contributed by atoms with Gasteiger partial charge in [0.25, 0.3) is 0 Å². The molecular weight excluding hydrogens is 462 g/mol. The van der Waals surface area contributed by atoms with Crippen molar-refractivity contribution < 1.29 is 24.5 Å². The molecule has 3 rings (SSSR count). The molecule has 0 aliphatic rings. The van der Waals surface area contributed by atoms with Gasteiger partial charge in [-0.05, 0) is 55.0 Å². The number of fused-ring (bicyclic) bond motifs is 1. The molecule has 3 aromatic rings. The molecule has 1 atom stereocenters. The van der Waals surface area contributed by atoms with E-state index in [0.717, 1.165) is 21.5 Å². The van der Waals surface area contributed by atoms with Gasteiger partial charge in [-0.2, -0.15) is 0 Å². The molecule has 0 saturated heterocycles. The first kappa shape index (κ1) is 22.4. The quantitative estimate of drug-likeness (QED) is 0.254. The number of halogens is 1. The Morgan fingerprint density at radius 2 is 1.74 bits per heavy atom. The second-order valence-corrected chi connectivity index (χ2v) is 7.83. The third-order valence-electron chi connectivity index (χ3n) is 4.72. The van der Waals surface area contributed by atoms with Crippen LogP contribution in [-0.2, 0) is 9.53 Å². The van der Waals surface area contributed by atoms with E-state index in [1.165, 1.54) is 0 Å². The number of carboxylic acid groups (broad SMARTS) is 1. The van der Waals surface area contributed by atoms with Crippen molar-refractivity contribution >= 4 is 44.5 Å². The maximum Gasteiger partial charge on any atom is 0.412 e. The third-order valence-corrected chi connectivity index (χ3v) is 5.25. The van der Waals surface area contributed by atoms with E-state index in [1.807, 2.05) is 36.4 Å². The Balaban J connectivity index is 1.81. The van der Waals surface area contributed by atoms with Crippen LogP contribution >= 0.6 is 15.9 Å². The molecule has 0 aliphatic carbocycles. The van der Waals surface area contributed by atoms with Crippen LogP contribution in [-0.4, -0.2) is 22.3 Å². The van der Waals surface area contributed by atoms with E-state index in [4.69, 9.17) is 9.84 Å². The smallest absolute Gasteiger partial charge is 0.412 e. The molecule has 0 bridgehead atoms. The highest BCUT2D eigenvalue weighted by atomic mass is 79.9. The van der Waals surface area contributed by atoms with Crippen molar-refractivity contribution in [3.05, 3.63) is 82.9 Å². The predicted octanol–water partition coefficient (Wildman–Crippen LogP) is 6.41. The summed E-state index contributed by atoms with van der Waals surface area (Å²) in [7, 11) is 0. The van der Waals surface area contributed by atoms with Crippen LogP contribution < -0.4 is 5.32 Å². The van der Waals surface area contributed by atoms with Crippen molar-refractivity contribution in [2.45, 2.75) is 25.4 Å². The fraction of sp³-hybridized carbons (Fsp3) is 0.167. The number of hydrogen-bond acceptors (Lipinski definition) is 4. The average molecular weight is 484 g/mol. The van der Waals surface area contributed by atoms with Gasteiger partial charge in [-0.3, -0.25) is 5.32 Å². The molecule has 0 heterocycles. The fourth-order valence-corrected chi connectivity index (χ4v) is 3.54. The highest BCUT2D eigenvalue weighted by Crippen LogP contribution is 2.34. The summed E-state index contributed by atoms with van der Waals surface area (Å²) in [6.07, 6.45) is 3.17. The average Bonchev–Trinajstić information content (AvgIpc) is 2.75. The van der Waals surface area contributed by atoms with E-state index in [-0.39, 0.29) is 5.75 Å². The summed E-state index contributed by atoms with van der Waals surface area (Å²) in [4.78, 5) is 23.2. The van der Waals surface area contributed by atoms with E-state index in [1.54, 1.807) is 30.3 Å². The number of rotatable bonds is 8. The van der Waals surface area contributed by atoms with Crippen molar-refractivity contribution in [2.24, 2.45) is 0 Å². The maximum absolute atomic E-state index is 12.6. The van der Waals surface area contributed by atoms with Crippen molar-refractivity contribution in [1.29, 1.82) is 0 Å². The van der Waals surface area contributed by atoms with Crippen LogP contribution in [0.15, 0.2) is 77.3 Å². The number of aliphatic carboxylic acids is 1. The normalized spacial score (nSPS) is 12.0. The number of allylic oxidation sites excluding steroid dienone is 1. The van der Waals surface area contributed by atoms with E-state index in [9.17, 15) is 14.7 Å². The zero-order valence-electron chi connectivity index (χ0n) is 16.6. The standard InChI is InChI=1S/C24H22BrNO5/c25-16-10-12-17(13-11-16)26-24(30)31-22(8-2-1-3-9-23(28)29)20-14-15-21(27)19-7-5-4-6-18(19)20/h3-7,9-15,22,27H,1-2,8H2,(H,26,30)(H,28,29)/b9-3+/t22-/m0/s1. The molecule has 0 unspecified atom stereocenters. The fourth-order valence-electron chi connectivity index (χ4n) is 3.28. The Hall–Kier alpha value is -3.32. The summed E-state index contributed by atoms with van der Waals surface area (Å²) < 4.78 is 6.66. The number of amides is 1. The monoisotopic (exact) mass is 483 g/mol. The Labute approximate surface area is 188 Å². The van der Waals surface area contributed by atoms with Crippen LogP contribution in [0.3, 0.4) is 0 Å². The summed E-state index contributed by atoms with van der Waals surface area (Å²) >= 11 is 3.35. The van der Waals surface area contributed by atoms with Crippen LogP contribution in [0.4, 0.5) is 10.5 Å². The molecule has 7 heteroatoms. The van der Waals surface area contributed by atoms with Crippen molar-refractivity contribution in [3.8, 4) is 5.75 Å². The van der Waals surface area contributed by atoms with Crippen LogP contribution in [0.2, 0.25) is 0 Å². The number of carboxylic acids is 1. The lowest BCUT2D eigenvalue weighted by atomic mass is 9.96. The van der Waals surface area contributed by atoms with Crippen LogP contribution in [0, 0.1) is 0 Å². The van der Waals surface area contributed by atoms with E-state index in [2.05, 4.69) is 21.2 Å². The van der Waals surface area contributed by atoms with Gasteiger partial charge in [0.05, 0.1) is 0 Å². The molecule has 0 spiro atoms.